The van der Waals surface area contributed by atoms with Gasteiger partial charge in [-0.05, 0) is 50.4 Å². The van der Waals surface area contributed by atoms with Crippen molar-refractivity contribution in [3.05, 3.63) is 24.5 Å². The number of aromatic nitrogens is 1. The average Bonchev–Trinajstić information content (AvgIpc) is 3.13. The molecular weight excluding hydrogens is 362 g/mol. The predicted octanol–water partition coefficient (Wildman–Crippen LogP) is 2.56. The highest BCUT2D eigenvalue weighted by molar-refractivity contribution is 7.89. The molecule has 2 fully saturated rings. The SMILES string of the molecule is CCC[C@H]1CN(S(=O)(=O)c2cccnc2)CC1C(=O)CCN1CCCCC1. The lowest BCUT2D eigenvalue weighted by atomic mass is 9.87. The van der Waals surface area contributed by atoms with Crippen LogP contribution < -0.4 is 0 Å². The summed E-state index contributed by atoms with van der Waals surface area (Å²) in [6.45, 7) is 5.80. The highest BCUT2D eigenvalue weighted by Gasteiger charge is 2.41. The fourth-order valence-corrected chi connectivity index (χ4v) is 5.83. The zero-order valence-electron chi connectivity index (χ0n) is 16.2. The Bertz CT molecular complexity index is 717. The summed E-state index contributed by atoms with van der Waals surface area (Å²) in [5.41, 5.74) is 0. The molecule has 3 rings (SSSR count). The number of pyridine rings is 1. The number of hydrogen-bond acceptors (Lipinski definition) is 5. The molecule has 1 aromatic rings. The van der Waals surface area contributed by atoms with Crippen LogP contribution in [0.1, 0.15) is 45.4 Å². The van der Waals surface area contributed by atoms with E-state index in [0.717, 1.165) is 32.5 Å². The van der Waals surface area contributed by atoms with Crippen LogP contribution in [-0.4, -0.2) is 61.1 Å². The fourth-order valence-electron chi connectivity index (χ4n) is 4.34. The van der Waals surface area contributed by atoms with Crippen LogP contribution in [0.25, 0.3) is 0 Å². The fraction of sp³-hybridized carbons (Fsp3) is 0.700. The lowest BCUT2D eigenvalue weighted by Gasteiger charge is -2.26. The van der Waals surface area contributed by atoms with Gasteiger partial charge in [0.15, 0.2) is 0 Å². The van der Waals surface area contributed by atoms with Crippen LogP contribution in [0.15, 0.2) is 29.4 Å². The zero-order valence-corrected chi connectivity index (χ0v) is 17.0. The lowest BCUT2D eigenvalue weighted by molar-refractivity contribution is -0.123. The number of likely N-dealkylation sites (tertiary alicyclic amines) is 1. The smallest absolute Gasteiger partial charge is 0.244 e. The van der Waals surface area contributed by atoms with E-state index < -0.39 is 10.0 Å². The van der Waals surface area contributed by atoms with E-state index in [1.165, 1.54) is 29.8 Å². The molecule has 150 valence electrons. The van der Waals surface area contributed by atoms with E-state index in [9.17, 15) is 13.2 Å². The summed E-state index contributed by atoms with van der Waals surface area (Å²) in [6.07, 6.45) is 9.05. The second-order valence-corrected chi connectivity index (χ2v) is 9.72. The van der Waals surface area contributed by atoms with Crippen LogP contribution in [0.2, 0.25) is 0 Å². The molecule has 2 saturated heterocycles. The highest BCUT2D eigenvalue weighted by atomic mass is 32.2. The standard InChI is InChI=1S/C20H31N3O3S/c1-2-7-17-15-23(27(25,26)18-8-6-10-21-14-18)16-19(17)20(24)9-13-22-11-4-3-5-12-22/h6,8,10,14,17,19H,2-5,7,9,11-13,15-16H2,1H3/t17-,19?/m0/s1. The Morgan fingerprint density at radius 1 is 1.22 bits per heavy atom. The predicted molar refractivity (Wildman–Crippen MR) is 105 cm³/mol. The van der Waals surface area contributed by atoms with Crippen LogP contribution in [0.3, 0.4) is 0 Å². The second kappa shape index (κ2) is 9.26. The van der Waals surface area contributed by atoms with Crippen LogP contribution in [0, 0.1) is 11.8 Å². The van der Waals surface area contributed by atoms with Crippen molar-refractivity contribution in [1.29, 1.82) is 0 Å². The van der Waals surface area contributed by atoms with Crippen molar-refractivity contribution in [3.63, 3.8) is 0 Å². The Kier molecular flexibility index (Phi) is 7.00. The van der Waals surface area contributed by atoms with E-state index in [4.69, 9.17) is 0 Å². The number of carbonyl (C=O) groups excluding carboxylic acids is 1. The summed E-state index contributed by atoms with van der Waals surface area (Å²) in [6, 6.07) is 3.20. The first-order valence-electron chi connectivity index (χ1n) is 10.2. The van der Waals surface area contributed by atoms with Gasteiger partial charge in [0, 0.05) is 44.4 Å². The maximum Gasteiger partial charge on any atom is 0.244 e. The summed E-state index contributed by atoms with van der Waals surface area (Å²) in [5, 5.41) is 0. The third-order valence-corrected chi connectivity index (χ3v) is 7.69. The summed E-state index contributed by atoms with van der Waals surface area (Å²) in [7, 11) is -3.58. The number of hydrogen-bond donors (Lipinski definition) is 0. The Hall–Kier alpha value is -1.31. The van der Waals surface area contributed by atoms with Crippen LogP contribution in [-0.2, 0) is 14.8 Å². The van der Waals surface area contributed by atoms with Crippen molar-refractivity contribution in [2.24, 2.45) is 11.8 Å². The molecule has 0 aromatic carbocycles. The van der Waals surface area contributed by atoms with Gasteiger partial charge >= 0.3 is 0 Å². The molecule has 27 heavy (non-hydrogen) atoms. The number of nitrogens with zero attached hydrogens (tertiary/aromatic N) is 3. The second-order valence-electron chi connectivity index (χ2n) is 7.78. The third kappa shape index (κ3) is 4.95. The van der Waals surface area contributed by atoms with Gasteiger partial charge in [-0.2, -0.15) is 4.31 Å². The molecule has 1 unspecified atom stereocenters. The zero-order chi connectivity index (χ0) is 19.3. The largest absolute Gasteiger partial charge is 0.303 e. The van der Waals surface area contributed by atoms with Crippen molar-refractivity contribution in [2.45, 2.75) is 50.3 Å². The summed E-state index contributed by atoms with van der Waals surface area (Å²) in [5.74, 6) is 0.166. The van der Waals surface area contributed by atoms with E-state index in [1.807, 2.05) is 0 Å². The maximum atomic E-state index is 12.9. The minimum Gasteiger partial charge on any atom is -0.303 e. The van der Waals surface area contributed by atoms with E-state index in [2.05, 4.69) is 16.8 Å². The van der Waals surface area contributed by atoms with Gasteiger partial charge in [-0.1, -0.05) is 19.8 Å². The summed E-state index contributed by atoms with van der Waals surface area (Å²) in [4.78, 5) is 19.4. The van der Waals surface area contributed by atoms with E-state index >= 15 is 0 Å². The van der Waals surface area contributed by atoms with E-state index in [0.29, 0.717) is 19.5 Å². The van der Waals surface area contributed by atoms with Gasteiger partial charge in [0.1, 0.15) is 10.7 Å². The number of sulfonamides is 1. The Labute approximate surface area is 163 Å². The Morgan fingerprint density at radius 2 is 2.00 bits per heavy atom. The molecule has 3 heterocycles. The van der Waals surface area contributed by atoms with Gasteiger partial charge < -0.3 is 4.90 Å². The average molecular weight is 394 g/mol. The Balaban J connectivity index is 1.66. The first kappa shape index (κ1) is 20.4. The van der Waals surface area contributed by atoms with E-state index in [1.54, 1.807) is 18.3 Å². The third-order valence-electron chi connectivity index (χ3n) is 5.88. The van der Waals surface area contributed by atoms with Crippen molar-refractivity contribution >= 4 is 15.8 Å². The molecule has 0 bridgehead atoms. The van der Waals surface area contributed by atoms with Crippen LogP contribution in [0.4, 0.5) is 0 Å². The number of Topliss-reactive ketones (excluding diaryl/α,β-unsaturated/α-hetero) is 1. The molecule has 0 aliphatic carbocycles. The number of rotatable bonds is 8. The van der Waals surface area contributed by atoms with Crippen molar-refractivity contribution < 1.29 is 13.2 Å². The molecular formula is C20H31N3O3S. The van der Waals surface area contributed by atoms with Gasteiger partial charge in [-0.3, -0.25) is 9.78 Å². The van der Waals surface area contributed by atoms with Crippen LogP contribution in [0.5, 0.6) is 0 Å². The highest BCUT2D eigenvalue weighted by Crippen LogP contribution is 2.32. The van der Waals surface area contributed by atoms with Gasteiger partial charge in [0.2, 0.25) is 10.0 Å². The Morgan fingerprint density at radius 3 is 2.67 bits per heavy atom. The molecule has 0 N–H and O–H groups in total. The minimum atomic E-state index is -3.58. The molecule has 0 spiro atoms. The molecule has 1 aromatic heterocycles. The van der Waals surface area contributed by atoms with Gasteiger partial charge in [0.05, 0.1) is 0 Å². The molecule has 2 aliphatic heterocycles. The van der Waals surface area contributed by atoms with Gasteiger partial charge in [-0.25, -0.2) is 8.42 Å². The van der Waals surface area contributed by atoms with E-state index in [-0.39, 0.29) is 22.5 Å². The first-order chi connectivity index (χ1) is 13.0. The number of carbonyl (C=O) groups is 1. The van der Waals surface area contributed by atoms with Crippen molar-refractivity contribution in [3.8, 4) is 0 Å². The normalized spacial score (nSPS) is 24.9. The molecule has 0 saturated carbocycles. The molecule has 7 heteroatoms. The topological polar surface area (TPSA) is 70.6 Å². The molecule has 2 aliphatic rings. The van der Waals surface area contributed by atoms with Crippen molar-refractivity contribution in [1.82, 2.24) is 14.2 Å². The molecule has 0 radical (unpaired) electrons. The summed E-state index contributed by atoms with van der Waals surface area (Å²) < 4.78 is 27.3. The number of piperidine rings is 1. The first-order valence-corrected chi connectivity index (χ1v) is 11.6. The molecule has 6 nitrogen and oxygen atoms in total. The summed E-state index contributed by atoms with van der Waals surface area (Å²) >= 11 is 0. The quantitative estimate of drug-likeness (QED) is 0.679. The molecule has 2 atom stereocenters. The number of ketones is 1. The van der Waals surface area contributed by atoms with Crippen LogP contribution >= 0.6 is 0 Å². The van der Waals surface area contributed by atoms with Gasteiger partial charge in [-0.15, -0.1) is 0 Å². The van der Waals surface area contributed by atoms with Crippen molar-refractivity contribution in [2.75, 3.05) is 32.7 Å². The monoisotopic (exact) mass is 393 g/mol. The minimum absolute atomic E-state index is 0.121. The maximum absolute atomic E-state index is 12.9. The van der Waals surface area contributed by atoms with Gasteiger partial charge in [0.25, 0.3) is 0 Å². The lowest BCUT2D eigenvalue weighted by Crippen LogP contribution is -2.34. The molecule has 0 amide bonds.